The minimum absolute atomic E-state index is 0.180. The molecular formula is C19H16BrFN2O2. The molecule has 2 aromatic rings. The molecule has 1 amide bonds. The first-order chi connectivity index (χ1) is 12.1. The van der Waals surface area contributed by atoms with Gasteiger partial charge in [0, 0.05) is 23.1 Å². The van der Waals surface area contributed by atoms with Crippen LogP contribution in [0.15, 0.2) is 47.1 Å². The Kier molecular flexibility index (Phi) is 4.21. The maximum atomic E-state index is 13.4. The molecule has 2 aliphatic heterocycles. The van der Waals surface area contributed by atoms with Crippen molar-refractivity contribution in [3.63, 3.8) is 0 Å². The molecule has 1 N–H and O–H groups in total. The molecule has 4 nitrogen and oxygen atoms in total. The summed E-state index contributed by atoms with van der Waals surface area (Å²) in [5.41, 5.74) is 2.68. The fourth-order valence-corrected chi connectivity index (χ4v) is 3.78. The van der Waals surface area contributed by atoms with E-state index in [2.05, 4.69) is 26.1 Å². The van der Waals surface area contributed by atoms with Crippen LogP contribution >= 0.6 is 15.9 Å². The van der Waals surface area contributed by atoms with Crippen LogP contribution in [-0.4, -0.2) is 19.0 Å². The van der Waals surface area contributed by atoms with Gasteiger partial charge in [-0.25, -0.2) is 4.39 Å². The third-order valence-corrected chi connectivity index (χ3v) is 5.08. The van der Waals surface area contributed by atoms with Crippen molar-refractivity contribution in [3.05, 3.63) is 64.1 Å². The molecule has 1 saturated heterocycles. The molecule has 0 aliphatic carbocycles. The van der Waals surface area contributed by atoms with Crippen LogP contribution in [-0.2, 0) is 0 Å². The van der Waals surface area contributed by atoms with Gasteiger partial charge in [0.25, 0.3) is 5.91 Å². The largest absolute Gasteiger partial charge is 0.462 e. The molecule has 1 fully saturated rings. The summed E-state index contributed by atoms with van der Waals surface area (Å²) in [6.45, 7) is 2.11. The Morgan fingerprint density at radius 2 is 1.92 bits per heavy atom. The number of carbonyl (C=O) groups excluding carboxylic acids is 1. The molecule has 25 heavy (non-hydrogen) atoms. The van der Waals surface area contributed by atoms with E-state index in [0.717, 1.165) is 28.8 Å². The van der Waals surface area contributed by atoms with E-state index in [0.29, 0.717) is 11.4 Å². The number of fused-ring (bicyclic) bond motifs is 1. The number of nitrogens with one attached hydrogen (secondary N) is 1. The molecule has 0 spiro atoms. The molecule has 0 aromatic heterocycles. The minimum atomic E-state index is -0.473. The van der Waals surface area contributed by atoms with Crippen LogP contribution < -0.4 is 15.0 Å². The van der Waals surface area contributed by atoms with Crippen molar-refractivity contribution in [2.45, 2.75) is 12.8 Å². The molecule has 6 heteroatoms. The third-order valence-electron chi connectivity index (χ3n) is 4.44. The Morgan fingerprint density at radius 1 is 1.12 bits per heavy atom. The summed E-state index contributed by atoms with van der Waals surface area (Å²) >= 11 is 3.62. The van der Waals surface area contributed by atoms with Crippen LogP contribution in [0.2, 0.25) is 0 Å². The number of hydrogen-bond acceptors (Lipinski definition) is 3. The van der Waals surface area contributed by atoms with E-state index in [1.165, 1.54) is 37.3 Å². The van der Waals surface area contributed by atoms with Gasteiger partial charge in [-0.2, -0.15) is 0 Å². The van der Waals surface area contributed by atoms with Crippen molar-refractivity contribution in [1.29, 1.82) is 0 Å². The number of carbonyl (C=O) groups is 1. The zero-order valence-electron chi connectivity index (χ0n) is 13.4. The van der Waals surface area contributed by atoms with E-state index >= 15 is 0 Å². The number of anilines is 1. The topological polar surface area (TPSA) is 41.6 Å². The van der Waals surface area contributed by atoms with E-state index in [-0.39, 0.29) is 5.56 Å². The lowest BCUT2D eigenvalue weighted by atomic mass is 10.1. The summed E-state index contributed by atoms with van der Waals surface area (Å²) in [7, 11) is 0. The van der Waals surface area contributed by atoms with Crippen molar-refractivity contribution in [2.75, 3.05) is 18.0 Å². The normalized spacial score (nSPS) is 16.6. The van der Waals surface area contributed by atoms with Gasteiger partial charge in [-0.15, -0.1) is 0 Å². The highest BCUT2D eigenvalue weighted by molar-refractivity contribution is 9.10. The highest BCUT2D eigenvalue weighted by atomic mass is 79.9. The molecule has 2 heterocycles. The molecular weight excluding hydrogens is 387 g/mol. The average molecular weight is 403 g/mol. The zero-order valence-corrected chi connectivity index (χ0v) is 15.0. The predicted octanol–water partition coefficient (Wildman–Crippen LogP) is 4.31. The lowest BCUT2D eigenvalue weighted by molar-refractivity contribution is 0.0973. The van der Waals surface area contributed by atoms with Crippen molar-refractivity contribution < 1.29 is 13.9 Å². The van der Waals surface area contributed by atoms with Gasteiger partial charge in [-0.3, -0.25) is 4.79 Å². The third kappa shape index (κ3) is 3.14. The first-order valence-electron chi connectivity index (χ1n) is 8.14. The quantitative estimate of drug-likeness (QED) is 0.813. The SMILES string of the molecule is O=C1NC(c2ccc(N3CCCC3)c(Br)c2)=COc2ccc(F)cc21. The summed E-state index contributed by atoms with van der Waals surface area (Å²) < 4.78 is 19.9. The first kappa shape index (κ1) is 16.1. The maximum absolute atomic E-state index is 13.4. The van der Waals surface area contributed by atoms with Gasteiger partial charge in [0.15, 0.2) is 0 Å². The lowest BCUT2D eigenvalue weighted by Gasteiger charge is -2.20. The number of amides is 1. The van der Waals surface area contributed by atoms with E-state index < -0.39 is 11.7 Å². The first-order valence-corrected chi connectivity index (χ1v) is 8.94. The van der Waals surface area contributed by atoms with Crippen molar-refractivity contribution >= 4 is 33.2 Å². The van der Waals surface area contributed by atoms with Gasteiger partial charge in [0.2, 0.25) is 0 Å². The lowest BCUT2D eigenvalue weighted by Crippen LogP contribution is -2.21. The number of benzene rings is 2. The molecule has 0 bridgehead atoms. The van der Waals surface area contributed by atoms with Crippen LogP contribution in [0.5, 0.6) is 5.75 Å². The second-order valence-electron chi connectivity index (χ2n) is 6.10. The second kappa shape index (κ2) is 6.52. The molecule has 0 radical (unpaired) electrons. The Hall–Kier alpha value is -2.34. The minimum Gasteiger partial charge on any atom is -0.462 e. The van der Waals surface area contributed by atoms with Crippen LogP contribution in [0, 0.1) is 5.82 Å². The van der Waals surface area contributed by atoms with E-state index in [9.17, 15) is 9.18 Å². The van der Waals surface area contributed by atoms with E-state index in [1.54, 1.807) is 0 Å². The molecule has 2 aliphatic rings. The van der Waals surface area contributed by atoms with Gasteiger partial charge in [-0.1, -0.05) is 6.07 Å². The van der Waals surface area contributed by atoms with Crippen LogP contribution in [0.25, 0.3) is 5.70 Å². The molecule has 128 valence electrons. The van der Waals surface area contributed by atoms with Gasteiger partial charge >= 0.3 is 0 Å². The number of rotatable bonds is 2. The molecule has 2 aromatic carbocycles. The summed E-state index contributed by atoms with van der Waals surface area (Å²) in [6, 6.07) is 9.84. The van der Waals surface area contributed by atoms with Crippen LogP contribution in [0.1, 0.15) is 28.8 Å². The highest BCUT2D eigenvalue weighted by Gasteiger charge is 2.21. The summed E-state index contributed by atoms with van der Waals surface area (Å²) in [5.74, 6) is -0.529. The highest BCUT2D eigenvalue weighted by Crippen LogP contribution is 2.32. The number of ether oxygens (including phenoxy) is 1. The van der Waals surface area contributed by atoms with Gasteiger partial charge < -0.3 is 15.0 Å². The second-order valence-corrected chi connectivity index (χ2v) is 6.96. The Balaban J connectivity index is 1.63. The number of halogens is 2. The van der Waals surface area contributed by atoms with Crippen molar-refractivity contribution in [2.24, 2.45) is 0 Å². The number of hydrogen-bond donors (Lipinski definition) is 1. The van der Waals surface area contributed by atoms with Crippen molar-refractivity contribution in [3.8, 4) is 5.75 Å². The maximum Gasteiger partial charge on any atom is 0.259 e. The van der Waals surface area contributed by atoms with E-state index in [4.69, 9.17) is 4.74 Å². The molecule has 0 saturated carbocycles. The molecule has 0 atom stereocenters. The number of nitrogens with zero attached hydrogens (tertiary/aromatic N) is 1. The Morgan fingerprint density at radius 3 is 2.68 bits per heavy atom. The van der Waals surface area contributed by atoms with Gasteiger partial charge in [0.1, 0.15) is 17.8 Å². The predicted molar refractivity (Wildman–Crippen MR) is 98.1 cm³/mol. The van der Waals surface area contributed by atoms with Crippen molar-refractivity contribution in [1.82, 2.24) is 5.32 Å². The Bertz CT molecular complexity index is 876. The summed E-state index contributed by atoms with van der Waals surface area (Å²) in [6.07, 6.45) is 3.90. The molecule has 4 rings (SSSR count). The van der Waals surface area contributed by atoms with Crippen LogP contribution in [0.3, 0.4) is 0 Å². The molecule has 0 unspecified atom stereocenters. The standard InChI is InChI=1S/C19H16BrFN2O2/c20-15-9-12(3-5-17(15)23-7-1-2-8-23)16-11-25-18-6-4-13(21)10-14(18)19(24)22-16/h3-6,9-11H,1-2,7-8H2,(H,22,24). The van der Waals surface area contributed by atoms with E-state index in [1.807, 2.05) is 18.2 Å². The smallest absolute Gasteiger partial charge is 0.259 e. The monoisotopic (exact) mass is 402 g/mol. The summed E-state index contributed by atoms with van der Waals surface area (Å²) in [5, 5.41) is 2.79. The summed E-state index contributed by atoms with van der Waals surface area (Å²) in [4.78, 5) is 14.7. The zero-order chi connectivity index (χ0) is 17.4. The Labute approximate surface area is 153 Å². The fraction of sp³-hybridized carbons (Fsp3) is 0.211. The fourth-order valence-electron chi connectivity index (χ4n) is 3.15. The van der Waals surface area contributed by atoms with Gasteiger partial charge in [-0.05, 0) is 59.1 Å². The average Bonchev–Trinajstić information content (AvgIpc) is 3.08. The van der Waals surface area contributed by atoms with Crippen LogP contribution in [0.4, 0.5) is 10.1 Å². The van der Waals surface area contributed by atoms with Gasteiger partial charge in [0.05, 0.1) is 16.9 Å².